The number of allylic oxidation sites excluding steroid dienone is 2. The van der Waals surface area contributed by atoms with Crippen LogP contribution in [0, 0.1) is 5.82 Å². The lowest BCUT2D eigenvalue weighted by Crippen LogP contribution is -2.34. The number of para-hydroxylation sites is 1. The average molecular weight is 362 g/mol. The Hall–Kier alpha value is -3.74. The predicted molar refractivity (Wildman–Crippen MR) is 98.8 cm³/mol. The summed E-state index contributed by atoms with van der Waals surface area (Å²) in [7, 11) is 0. The quantitative estimate of drug-likeness (QED) is 0.771. The average Bonchev–Trinajstić information content (AvgIpc) is 3.37. The molecule has 0 spiro atoms. The summed E-state index contributed by atoms with van der Waals surface area (Å²) in [6, 6.07) is 13.9. The Kier molecular flexibility index (Phi) is 3.57. The number of nitrogens with zero attached hydrogens (tertiary/aromatic N) is 3. The van der Waals surface area contributed by atoms with Crippen LogP contribution < -0.4 is 19.9 Å². The lowest BCUT2D eigenvalue weighted by molar-refractivity contribution is 0.174. The Morgan fingerprint density at radius 3 is 2.93 bits per heavy atom. The summed E-state index contributed by atoms with van der Waals surface area (Å²) in [6.45, 7) is 0.207. The molecule has 6 nitrogen and oxygen atoms in total. The number of anilines is 1. The summed E-state index contributed by atoms with van der Waals surface area (Å²) in [5.41, 5.74) is 6.45. The highest BCUT2D eigenvalue weighted by atomic mass is 19.1. The van der Waals surface area contributed by atoms with E-state index in [0.717, 1.165) is 17.1 Å². The van der Waals surface area contributed by atoms with Gasteiger partial charge in [-0.3, -0.25) is 10.4 Å². The van der Waals surface area contributed by atoms with Crippen LogP contribution in [0.4, 0.5) is 10.1 Å². The van der Waals surface area contributed by atoms with Gasteiger partial charge in [0.05, 0.1) is 23.3 Å². The van der Waals surface area contributed by atoms with Gasteiger partial charge in [-0.25, -0.2) is 9.07 Å². The maximum atomic E-state index is 13.6. The molecule has 2 aliphatic heterocycles. The molecule has 0 atom stereocenters. The van der Waals surface area contributed by atoms with Gasteiger partial charge in [-0.15, -0.1) is 0 Å². The molecule has 0 fully saturated rings. The maximum absolute atomic E-state index is 13.6. The van der Waals surface area contributed by atoms with Crippen molar-refractivity contribution in [1.82, 2.24) is 15.2 Å². The van der Waals surface area contributed by atoms with Crippen LogP contribution in [0.5, 0.6) is 11.5 Å². The first-order chi connectivity index (χ1) is 13.3. The number of nitrogens with one attached hydrogen (secondary N) is 1. The van der Waals surface area contributed by atoms with Gasteiger partial charge in [0.25, 0.3) is 0 Å². The summed E-state index contributed by atoms with van der Waals surface area (Å²) in [5.74, 6) is 1.09. The maximum Gasteiger partial charge on any atom is 0.231 e. The fourth-order valence-corrected chi connectivity index (χ4v) is 3.14. The van der Waals surface area contributed by atoms with Crippen LogP contribution in [0.3, 0.4) is 0 Å². The molecule has 0 unspecified atom stereocenters. The van der Waals surface area contributed by atoms with Gasteiger partial charge in [-0.05, 0) is 48.6 Å². The molecule has 3 aromatic rings. The van der Waals surface area contributed by atoms with Gasteiger partial charge in [-0.1, -0.05) is 12.1 Å². The first-order valence-electron chi connectivity index (χ1n) is 8.43. The number of halogens is 1. The Morgan fingerprint density at radius 2 is 2.00 bits per heavy atom. The van der Waals surface area contributed by atoms with E-state index in [0.29, 0.717) is 17.2 Å². The molecule has 1 N–H and O–H groups in total. The van der Waals surface area contributed by atoms with E-state index in [1.807, 2.05) is 53.7 Å². The molecule has 0 aliphatic carbocycles. The number of hydrogen-bond donors (Lipinski definition) is 1. The summed E-state index contributed by atoms with van der Waals surface area (Å²) >= 11 is 0. The molecule has 1 aromatic heterocycles. The molecule has 0 amide bonds. The number of aromatic nitrogens is 2. The number of benzene rings is 2. The number of fused-ring (bicyclic) bond motifs is 1. The zero-order chi connectivity index (χ0) is 18.2. The summed E-state index contributed by atoms with van der Waals surface area (Å²) in [5, 5.41) is 6.19. The zero-order valence-electron chi connectivity index (χ0n) is 14.2. The largest absolute Gasteiger partial charge is 0.454 e. The highest BCUT2D eigenvalue weighted by Gasteiger charge is 2.23. The van der Waals surface area contributed by atoms with E-state index in [1.165, 1.54) is 12.1 Å². The normalized spacial score (nSPS) is 14.9. The van der Waals surface area contributed by atoms with Crippen molar-refractivity contribution < 1.29 is 13.9 Å². The third-order valence-corrected chi connectivity index (χ3v) is 4.35. The second-order valence-electron chi connectivity index (χ2n) is 6.02. The molecule has 7 heteroatoms. The molecule has 5 rings (SSSR count). The van der Waals surface area contributed by atoms with Crippen LogP contribution in [0.15, 0.2) is 73.1 Å². The molecule has 0 bridgehead atoms. The Bertz CT molecular complexity index is 1070. The van der Waals surface area contributed by atoms with Crippen LogP contribution in [0.25, 0.3) is 11.4 Å². The van der Waals surface area contributed by atoms with Gasteiger partial charge >= 0.3 is 0 Å². The number of ether oxygens (including phenoxy) is 2. The lowest BCUT2D eigenvalue weighted by atomic mass is 10.2. The van der Waals surface area contributed by atoms with Crippen LogP contribution in [0.2, 0.25) is 0 Å². The van der Waals surface area contributed by atoms with Crippen LogP contribution in [0.1, 0.15) is 5.69 Å². The Morgan fingerprint density at radius 1 is 1.07 bits per heavy atom. The molecule has 0 radical (unpaired) electrons. The smallest absolute Gasteiger partial charge is 0.231 e. The number of hydrogen-bond acceptors (Lipinski definition) is 5. The van der Waals surface area contributed by atoms with Crippen molar-refractivity contribution in [3.8, 4) is 17.2 Å². The third kappa shape index (κ3) is 2.69. The minimum Gasteiger partial charge on any atom is -0.454 e. The molecule has 2 aliphatic rings. The van der Waals surface area contributed by atoms with Crippen molar-refractivity contribution in [1.29, 1.82) is 0 Å². The van der Waals surface area contributed by atoms with E-state index in [1.54, 1.807) is 16.9 Å². The van der Waals surface area contributed by atoms with E-state index in [-0.39, 0.29) is 12.6 Å². The molecule has 3 heterocycles. The molecule has 0 saturated carbocycles. The molecular formula is C20H15FN4O2. The standard InChI is InChI=1S/C20H15FN4O2/c21-14-4-1-5-15(12-14)25-17(9-10-22-25)16-6-3-11-24(23-16)18-7-2-8-19-20(18)27-13-26-19/h1-12,23H,13H2. The van der Waals surface area contributed by atoms with Crippen molar-refractivity contribution in [2.75, 3.05) is 11.8 Å². The van der Waals surface area contributed by atoms with E-state index in [9.17, 15) is 4.39 Å². The zero-order valence-corrected chi connectivity index (χ0v) is 14.2. The van der Waals surface area contributed by atoms with Crippen molar-refractivity contribution in [3.05, 3.63) is 84.6 Å². The van der Waals surface area contributed by atoms with Gasteiger partial charge < -0.3 is 9.47 Å². The fraction of sp³-hybridized carbons (Fsp3) is 0.0500. The highest BCUT2D eigenvalue weighted by molar-refractivity contribution is 5.73. The van der Waals surface area contributed by atoms with E-state index >= 15 is 0 Å². The Balaban J connectivity index is 1.49. The van der Waals surface area contributed by atoms with Crippen molar-refractivity contribution in [3.63, 3.8) is 0 Å². The molecule has 134 valence electrons. The minimum absolute atomic E-state index is 0.207. The first-order valence-corrected chi connectivity index (χ1v) is 8.43. The van der Waals surface area contributed by atoms with Gasteiger partial charge in [-0.2, -0.15) is 5.10 Å². The van der Waals surface area contributed by atoms with Crippen LogP contribution in [-0.4, -0.2) is 16.6 Å². The first kappa shape index (κ1) is 15.5. The number of hydrazine groups is 1. The SMILES string of the molecule is Fc1cccc(-n2nccc2C2=CC=CN(c3cccc4c3OCO4)N2)c1. The third-order valence-electron chi connectivity index (χ3n) is 4.35. The summed E-state index contributed by atoms with van der Waals surface area (Å²) in [4.78, 5) is 0. The molecular weight excluding hydrogens is 347 g/mol. The molecule has 27 heavy (non-hydrogen) atoms. The summed E-state index contributed by atoms with van der Waals surface area (Å²) in [6.07, 6.45) is 7.43. The molecule has 2 aromatic carbocycles. The van der Waals surface area contributed by atoms with E-state index in [2.05, 4.69) is 10.5 Å². The predicted octanol–water partition coefficient (Wildman–Crippen LogP) is 3.62. The van der Waals surface area contributed by atoms with Gasteiger partial charge in [0.1, 0.15) is 11.5 Å². The lowest BCUT2D eigenvalue weighted by Gasteiger charge is -2.27. The molecule has 0 saturated heterocycles. The van der Waals surface area contributed by atoms with Crippen molar-refractivity contribution in [2.45, 2.75) is 0 Å². The van der Waals surface area contributed by atoms with Crippen LogP contribution in [-0.2, 0) is 0 Å². The van der Waals surface area contributed by atoms with Gasteiger partial charge in [0.15, 0.2) is 11.5 Å². The topological polar surface area (TPSA) is 51.6 Å². The number of rotatable bonds is 3. The van der Waals surface area contributed by atoms with Crippen LogP contribution >= 0.6 is 0 Å². The highest BCUT2D eigenvalue weighted by Crippen LogP contribution is 2.41. The second-order valence-corrected chi connectivity index (χ2v) is 6.02. The van der Waals surface area contributed by atoms with Gasteiger partial charge in [0, 0.05) is 6.20 Å². The Labute approximate surface area is 154 Å². The van der Waals surface area contributed by atoms with E-state index < -0.39 is 0 Å². The van der Waals surface area contributed by atoms with Crippen molar-refractivity contribution >= 4 is 11.4 Å². The monoisotopic (exact) mass is 362 g/mol. The van der Waals surface area contributed by atoms with Gasteiger partial charge in [0.2, 0.25) is 6.79 Å². The van der Waals surface area contributed by atoms with E-state index in [4.69, 9.17) is 9.47 Å². The second kappa shape index (κ2) is 6.21. The summed E-state index contributed by atoms with van der Waals surface area (Å²) < 4.78 is 26.4. The fourth-order valence-electron chi connectivity index (χ4n) is 3.14. The minimum atomic E-state index is -0.307. The van der Waals surface area contributed by atoms with Crippen molar-refractivity contribution in [2.24, 2.45) is 0 Å².